The van der Waals surface area contributed by atoms with Gasteiger partial charge in [-0.3, -0.25) is 0 Å². The summed E-state index contributed by atoms with van der Waals surface area (Å²) in [5.74, 6) is 1.29. The van der Waals surface area contributed by atoms with Crippen molar-refractivity contribution < 1.29 is 0 Å². The van der Waals surface area contributed by atoms with E-state index in [-0.39, 0.29) is 0 Å². The molecule has 0 amide bonds. The Morgan fingerprint density at radius 1 is 1.15 bits per heavy atom. The fourth-order valence-corrected chi connectivity index (χ4v) is 2.47. The van der Waals surface area contributed by atoms with Gasteiger partial charge in [0.25, 0.3) is 5.78 Å². The summed E-state index contributed by atoms with van der Waals surface area (Å²) in [6, 6.07) is 0. The number of aryl methyl sites for hydroxylation is 1. The maximum absolute atomic E-state index is 4.50. The van der Waals surface area contributed by atoms with Crippen LogP contribution >= 0.6 is 0 Å². The van der Waals surface area contributed by atoms with Crippen LogP contribution < -0.4 is 5.32 Å². The van der Waals surface area contributed by atoms with Crippen LogP contribution in [0.5, 0.6) is 0 Å². The highest BCUT2D eigenvalue weighted by Crippen LogP contribution is 2.27. The lowest BCUT2D eigenvalue weighted by Crippen LogP contribution is -2.02. The minimum Gasteiger partial charge on any atom is -0.372 e. The van der Waals surface area contributed by atoms with Crippen LogP contribution in [0.25, 0.3) is 27.7 Å². The minimum atomic E-state index is 0.554. The fourth-order valence-electron chi connectivity index (χ4n) is 2.47. The largest absolute Gasteiger partial charge is 0.372 e. The molecule has 0 aromatic carbocycles. The highest BCUT2D eigenvalue weighted by Gasteiger charge is 2.15. The predicted octanol–water partition coefficient (Wildman–Crippen LogP) is 1.08. The number of anilines is 1. The van der Waals surface area contributed by atoms with Gasteiger partial charge >= 0.3 is 0 Å². The summed E-state index contributed by atoms with van der Waals surface area (Å²) in [6.07, 6.45) is 5.11. The third-order valence-corrected chi connectivity index (χ3v) is 3.38. The molecular formula is C12H12N8. The molecule has 0 aliphatic carbocycles. The van der Waals surface area contributed by atoms with E-state index in [0.717, 1.165) is 34.3 Å². The zero-order valence-electron chi connectivity index (χ0n) is 11.1. The first-order valence-corrected chi connectivity index (χ1v) is 6.35. The van der Waals surface area contributed by atoms with Crippen LogP contribution in [0.2, 0.25) is 0 Å². The molecule has 20 heavy (non-hydrogen) atoms. The topological polar surface area (TPSA) is 85.8 Å². The lowest BCUT2D eigenvalue weighted by atomic mass is 10.2. The Hall–Kier alpha value is -2.77. The Balaban J connectivity index is 2.30. The third kappa shape index (κ3) is 1.27. The summed E-state index contributed by atoms with van der Waals surface area (Å²) >= 11 is 0. The number of hydrogen-bond donors (Lipinski definition) is 1. The summed E-state index contributed by atoms with van der Waals surface area (Å²) in [6.45, 7) is 2.81. The lowest BCUT2D eigenvalue weighted by molar-refractivity contribution is 0.677. The minimum absolute atomic E-state index is 0.554. The van der Waals surface area contributed by atoms with Crippen LogP contribution in [-0.2, 0) is 6.54 Å². The van der Waals surface area contributed by atoms with E-state index in [1.807, 2.05) is 24.9 Å². The van der Waals surface area contributed by atoms with Gasteiger partial charge in [-0.05, 0) is 6.92 Å². The van der Waals surface area contributed by atoms with Gasteiger partial charge in [0.05, 0.1) is 22.5 Å². The number of hydrogen-bond acceptors (Lipinski definition) is 6. The van der Waals surface area contributed by atoms with Gasteiger partial charge in [0.2, 0.25) is 0 Å². The molecule has 0 aliphatic rings. The van der Waals surface area contributed by atoms with Crippen LogP contribution in [0.4, 0.5) is 5.82 Å². The monoisotopic (exact) mass is 268 g/mol. The number of fused-ring (bicyclic) bond motifs is 5. The number of pyridine rings is 1. The van der Waals surface area contributed by atoms with Crippen LogP contribution in [0.15, 0.2) is 18.7 Å². The van der Waals surface area contributed by atoms with Crippen LogP contribution in [0.3, 0.4) is 0 Å². The number of aromatic nitrogens is 7. The van der Waals surface area contributed by atoms with E-state index in [1.165, 1.54) is 6.33 Å². The molecule has 0 aliphatic heterocycles. The Kier molecular flexibility index (Phi) is 2.14. The molecule has 1 N–H and O–H groups in total. The van der Waals surface area contributed by atoms with Crippen molar-refractivity contribution in [3.8, 4) is 0 Å². The zero-order valence-corrected chi connectivity index (χ0v) is 11.1. The molecule has 8 heteroatoms. The molecule has 100 valence electrons. The first-order chi connectivity index (χ1) is 9.83. The van der Waals surface area contributed by atoms with Crippen molar-refractivity contribution in [2.75, 3.05) is 12.4 Å². The predicted molar refractivity (Wildman–Crippen MR) is 74.6 cm³/mol. The molecule has 0 spiro atoms. The van der Waals surface area contributed by atoms with E-state index in [9.17, 15) is 0 Å². The van der Waals surface area contributed by atoms with Gasteiger partial charge in [0, 0.05) is 19.8 Å². The molecule has 0 bridgehead atoms. The first-order valence-electron chi connectivity index (χ1n) is 6.35. The Morgan fingerprint density at radius 2 is 2.05 bits per heavy atom. The van der Waals surface area contributed by atoms with Crippen LogP contribution in [0.1, 0.15) is 6.92 Å². The van der Waals surface area contributed by atoms with Crippen molar-refractivity contribution in [1.82, 2.24) is 34.3 Å². The van der Waals surface area contributed by atoms with E-state index in [4.69, 9.17) is 0 Å². The molecule has 4 aromatic rings. The van der Waals surface area contributed by atoms with E-state index in [2.05, 4.69) is 30.5 Å². The maximum Gasteiger partial charge on any atom is 0.254 e. The molecule has 0 unspecified atom stereocenters. The summed E-state index contributed by atoms with van der Waals surface area (Å²) in [7, 11) is 1.83. The number of nitrogens with one attached hydrogen (secondary N) is 1. The molecule has 4 rings (SSSR count). The van der Waals surface area contributed by atoms with Gasteiger partial charge in [-0.15, -0.1) is 0 Å². The van der Waals surface area contributed by atoms with E-state index in [0.29, 0.717) is 5.78 Å². The lowest BCUT2D eigenvalue weighted by Gasteiger charge is -2.07. The Labute approximate surface area is 113 Å². The van der Waals surface area contributed by atoms with Crippen molar-refractivity contribution in [3.05, 3.63) is 18.7 Å². The van der Waals surface area contributed by atoms with E-state index >= 15 is 0 Å². The summed E-state index contributed by atoms with van der Waals surface area (Å²) in [5, 5.41) is 13.5. The molecule has 4 aromatic heterocycles. The second kappa shape index (κ2) is 3.86. The third-order valence-electron chi connectivity index (χ3n) is 3.38. The van der Waals surface area contributed by atoms with E-state index < -0.39 is 0 Å². The Bertz CT molecular complexity index is 935. The second-order valence-corrected chi connectivity index (χ2v) is 4.40. The van der Waals surface area contributed by atoms with Gasteiger partial charge in [-0.25, -0.2) is 9.67 Å². The second-order valence-electron chi connectivity index (χ2n) is 4.40. The highest BCUT2D eigenvalue weighted by molar-refractivity contribution is 6.06. The zero-order chi connectivity index (χ0) is 13.7. The molecule has 0 fully saturated rings. The van der Waals surface area contributed by atoms with Gasteiger partial charge in [-0.1, -0.05) is 0 Å². The normalized spacial score (nSPS) is 11.7. The van der Waals surface area contributed by atoms with E-state index in [1.54, 1.807) is 10.7 Å². The molecule has 0 atom stereocenters. The SMILES string of the molecule is CCn1ncc2c1ncc1c(NC)nc3ncnn3c12. The van der Waals surface area contributed by atoms with Crippen molar-refractivity contribution in [3.63, 3.8) is 0 Å². The summed E-state index contributed by atoms with van der Waals surface area (Å²) < 4.78 is 3.58. The van der Waals surface area contributed by atoms with Crippen molar-refractivity contribution in [1.29, 1.82) is 0 Å². The van der Waals surface area contributed by atoms with Crippen LogP contribution in [-0.4, -0.2) is 41.4 Å². The molecule has 0 saturated carbocycles. The summed E-state index contributed by atoms with van der Waals surface area (Å²) in [5.41, 5.74) is 1.76. The van der Waals surface area contributed by atoms with Crippen molar-refractivity contribution in [2.45, 2.75) is 13.5 Å². The average molecular weight is 268 g/mol. The molecule has 0 saturated heterocycles. The van der Waals surface area contributed by atoms with Gasteiger partial charge in [0.15, 0.2) is 5.65 Å². The van der Waals surface area contributed by atoms with Crippen molar-refractivity contribution in [2.24, 2.45) is 0 Å². The maximum atomic E-state index is 4.50. The first kappa shape index (κ1) is 11.1. The van der Waals surface area contributed by atoms with Gasteiger partial charge in [-0.2, -0.15) is 24.7 Å². The standard InChI is InChI=1S/C12H12N8/c1-3-19-11-8(5-16-19)9-7(4-14-11)10(13-2)18-12-15-6-17-20(9)12/h4-6H,3H2,1-2H3,(H,13,15,17,18). The quantitative estimate of drug-likeness (QED) is 0.585. The highest BCUT2D eigenvalue weighted by atomic mass is 15.3. The Morgan fingerprint density at radius 3 is 2.85 bits per heavy atom. The molecule has 8 nitrogen and oxygen atoms in total. The fraction of sp³-hybridized carbons (Fsp3) is 0.250. The molecule has 4 heterocycles. The molecular weight excluding hydrogens is 256 g/mol. The number of rotatable bonds is 2. The van der Waals surface area contributed by atoms with Gasteiger partial charge < -0.3 is 5.32 Å². The number of nitrogens with zero attached hydrogens (tertiary/aromatic N) is 7. The smallest absolute Gasteiger partial charge is 0.254 e. The molecule has 0 radical (unpaired) electrons. The summed E-state index contributed by atoms with van der Waals surface area (Å²) in [4.78, 5) is 13.1. The van der Waals surface area contributed by atoms with Crippen molar-refractivity contribution >= 4 is 33.5 Å². The van der Waals surface area contributed by atoms with Crippen LogP contribution in [0, 0.1) is 0 Å². The average Bonchev–Trinajstić information content (AvgIpc) is 3.11. The van der Waals surface area contributed by atoms with Gasteiger partial charge in [0.1, 0.15) is 12.1 Å².